The van der Waals surface area contributed by atoms with Crippen LogP contribution < -0.4 is 0 Å². The highest BCUT2D eigenvalue weighted by Crippen LogP contribution is 2.23. The average Bonchev–Trinajstić information content (AvgIpc) is 3.02. The van der Waals surface area contributed by atoms with Crippen LogP contribution in [0.4, 0.5) is 0 Å². The van der Waals surface area contributed by atoms with E-state index in [1.54, 1.807) is 11.3 Å². The number of aromatic nitrogens is 1. The lowest BCUT2D eigenvalue weighted by Gasteiger charge is -2.36. The van der Waals surface area contributed by atoms with E-state index in [0.717, 1.165) is 50.4 Å². The van der Waals surface area contributed by atoms with Gasteiger partial charge in [-0.15, -0.1) is 11.3 Å². The van der Waals surface area contributed by atoms with Crippen LogP contribution in [-0.4, -0.2) is 46.9 Å². The van der Waals surface area contributed by atoms with Gasteiger partial charge in [0, 0.05) is 37.3 Å². The standard InChI is InChI=1S/C19H25N3OS/c1-3-17(16-7-5-4-6-8-16)19(23)22-11-9-21(10-12-22)13-18-20-15(2)14-24-18/h4-8,14,17H,3,9-13H2,1-2H3/t17-/m1/s1. The van der Waals surface area contributed by atoms with Crippen molar-refractivity contribution in [1.29, 1.82) is 0 Å². The third-order valence-corrected chi connectivity index (χ3v) is 5.57. The summed E-state index contributed by atoms with van der Waals surface area (Å²) < 4.78 is 0. The second-order valence-corrected chi connectivity index (χ2v) is 7.30. The monoisotopic (exact) mass is 343 g/mol. The van der Waals surface area contributed by atoms with Crippen LogP contribution in [0.5, 0.6) is 0 Å². The topological polar surface area (TPSA) is 36.4 Å². The van der Waals surface area contributed by atoms with Gasteiger partial charge in [0.2, 0.25) is 5.91 Å². The molecule has 0 radical (unpaired) electrons. The number of thiazole rings is 1. The first-order chi connectivity index (χ1) is 11.7. The largest absolute Gasteiger partial charge is 0.340 e. The van der Waals surface area contributed by atoms with Crippen LogP contribution in [0.1, 0.15) is 35.5 Å². The molecule has 1 aromatic heterocycles. The molecular weight excluding hydrogens is 318 g/mol. The van der Waals surface area contributed by atoms with E-state index in [2.05, 4.69) is 34.3 Å². The molecular formula is C19H25N3OS. The van der Waals surface area contributed by atoms with Gasteiger partial charge in [-0.25, -0.2) is 4.98 Å². The molecule has 1 aliphatic heterocycles. The zero-order valence-corrected chi connectivity index (χ0v) is 15.3. The quantitative estimate of drug-likeness (QED) is 0.836. The van der Waals surface area contributed by atoms with E-state index >= 15 is 0 Å². The van der Waals surface area contributed by atoms with E-state index in [1.165, 1.54) is 5.01 Å². The summed E-state index contributed by atoms with van der Waals surface area (Å²) in [7, 11) is 0. The van der Waals surface area contributed by atoms with Crippen LogP contribution in [0.3, 0.4) is 0 Å². The van der Waals surface area contributed by atoms with Gasteiger partial charge in [-0.1, -0.05) is 37.3 Å². The van der Waals surface area contributed by atoms with Crippen molar-refractivity contribution in [2.75, 3.05) is 26.2 Å². The van der Waals surface area contributed by atoms with Crippen LogP contribution >= 0.6 is 11.3 Å². The van der Waals surface area contributed by atoms with Crippen LogP contribution in [-0.2, 0) is 11.3 Å². The minimum Gasteiger partial charge on any atom is -0.340 e. The molecule has 5 heteroatoms. The molecule has 1 atom stereocenters. The van der Waals surface area contributed by atoms with Crippen molar-refractivity contribution in [2.45, 2.75) is 32.7 Å². The third kappa shape index (κ3) is 4.02. The Labute approximate surface area is 148 Å². The van der Waals surface area contributed by atoms with Gasteiger partial charge in [-0.05, 0) is 18.9 Å². The molecule has 2 heterocycles. The van der Waals surface area contributed by atoms with Gasteiger partial charge in [0.1, 0.15) is 5.01 Å². The molecule has 128 valence electrons. The third-order valence-electron chi connectivity index (χ3n) is 4.62. The van der Waals surface area contributed by atoms with E-state index in [4.69, 9.17) is 0 Å². The predicted molar refractivity (Wildman–Crippen MR) is 98.2 cm³/mol. The maximum absolute atomic E-state index is 12.9. The normalized spacial score (nSPS) is 17.0. The first kappa shape index (κ1) is 17.1. The molecule has 1 amide bonds. The Morgan fingerprint density at radius 1 is 1.21 bits per heavy atom. The summed E-state index contributed by atoms with van der Waals surface area (Å²) in [5.41, 5.74) is 2.23. The molecule has 0 aliphatic carbocycles. The number of amides is 1. The molecule has 3 rings (SSSR count). The summed E-state index contributed by atoms with van der Waals surface area (Å²) in [6.07, 6.45) is 0.849. The maximum atomic E-state index is 12.9. The number of benzene rings is 1. The smallest absolute Gasteiger partial charge is 0.230 e. The predicted octanol–water partition coefficient (Wildman–Crippen LogP) is 3.29. The molecule has 24 heavy (non-hydrogen) atoms. The zero-order valence-electron chi connectivity index (χ0n) is 14.4. The Bertz CT molecular complexity index is 662. The molecule has 1 aromatic carbocycles. The van der Waals surface area contributed by atoms with Crippen LogP contribution in [0, 0.1) is 6.92 Å². The number of nitrogens with zero attached hydrogens (tertiary/aromatic N) is 3. The first-order valence-corrected chi connectivity index (χ1v) is 9.52. The van der Waals surface area contributed by atoms with Crippen molar-refractivity contribution in [3.63, 3.8) is 0 Å². The van der Waals surface area contributed by atoms with Crippen LogP contribution in [0.15, 0.2) is 35.7 Å². The SMILES string of the molecule is CC[C@@H](C(=O)N1CCN(Cc2nc(C)cs2)CC1)c1ccccc1. The van der Waals surface area contributed by atoms with E-state index in [-0.39, 0.29) is 11.8 Å². The fraction of sp³-hybridized carbons (Fsp3) is 0.474. The Morgan fingerprint density at radius 2 is 1.92 bits per heavy atom. The van der Waals surface area contributed by atoms with E-state index < -0.39 is 0 Å². The molecule has 0 unspecified atom stereocenters. The summed E-state index contributed by atoms with van der Waals surface area (Å²) >= 11 is 1.72. The maximum Gasteiger partial charge on any atom is 0.230 e. The van der Waals surface area contributed by atoms with Gasteiger partial charge < -0.3 is 4.90 Å². The number of carbonyl (C=O) groups excluding carboxylic acids is 1. The van der Waals surface area contributed by atoms with E-state index in [9.17, 15) is 4.79 Å². The number of aryl methyl sites for hydroxylation is 1. The van der Waals surface area contributed by atoms with Crippen molar-refractivity contribution in [2.24, 2.45) is 0 Å². The molecule has 2 aromatic rings. The molecule has 4 nitrogen and oxygen atoms in total. The van der Waals surface area contributed by atoms with E-state index in [1.807, 2.05) is 30.0 Å². The van der Waals surface area contributed by atoms with Gasteiger partial charge in [-0.2, -0.15) is 0 Å². The Hall–Kier alpha value is -1.72. The molecule has 1 fully saturated rings. The molecule has 0 N–H and O–H groups in total. The second kappa shape index (κ2) is 7.90. The molecule has 0 saturated carbocycles. The number of piperazine rings is 1. The number of carbonyl (C=O) groups is 1. The first-order valence-electron chi connectivity index (χ1n) is 8.64. The van der Waals surface area contributed by atoms with Crippen LogP contribution in [0.25, 0.3) is 0 Å². The number of hydrogen-bond acceptors (Lipinski definition) is 4. The van der Waals surface area contributed by atoms with Crippen molar-refractivity contribution >= 4 is 17.2 Å². The van der Waals surface area contributed by atoms with Gasteiger partial charge in [0.05, 0.1) is 12.5 Å². The summed E-state index contributed by atoms with van der Waals surface area (Å²) in [6.45, 7) is 8.50. The van der Waals surface area contributed by atoms with Crippen molar-refractivity contribution in [1.82, 2.24) is 14.8 Å². The van der Waals surface area contributed by atoms with Crippen molar-refractivity contribution < 1.29 is 4.79 Å². The Balaban J connectivity index is 1.56. The highest BCUT2D eigenvalue weighted by atomic mass is 32.1. The molecule has 0 spiro atoms. The summed E-state index contributed by atoms with van der Waals surface area (Å²) in [5, 5.41) is 3.27. The van der Waals surface area contributed by atoms with Gasteiger partial charge in [0.15, 0.2) is 0 Å². The van der Waals surface area contributed by atoms with Crippen molar-refractivity contribution in [3.05, 3.63) is 52.0 Å². The fourth-order valence-electron chi connectivity index (χ4n) is 3.25. The number of hydrogen-bond donors (Lipinski definition) is 0. The van der Waals surface area contributed by atoms with Gasteiger partial charge in [0.25, 0.3) is 0 Å². The minimum atomic E-state index is -0.0145. The second-order valence-electron chi connectivity index (χ2n) is 6.36. The summed E-state index contributed by atoms with van der Waals surface area (Å²) in [4.78, 5) is 21.9. The molecule has 0 bridgehead atoms. The lowest BCUT2D eigenvalue weighted by molar-refractivity contribution is -0.134. The summed E-state index contributed by atoms with van der Waals surface area (Å²) in [5.74, 6) is 0.257. The fourth-order valence-corrected chi connectivity index (χ4v) is 4.06. The summed E-state index contributed by atoms with van der Waals surface area (Å²) in [6, 6.07) is 10.2. The average molecular weight is 343 g/mol. The molecule has 1 saturated heterocycles. The van der Waals surface area contributed by atoms with Gasteiger partial charge in [-0.3, -0.25) is 9.69 Å². The highest BCUT2D eigenvalue weighted by molar-refractivity contribution is 7.09. The lowest BCUT2D eigenvalue weighted by atomic mass is 9.95. The Morgan fingerprint density at radius 3 is 2.50 bits per heavy atom. The van der Waals surface area contributed by atoms with Crippen molar-refractivity contribution in [3.8, 4) is 0 Å². The lowest BCUT2D eigenvalue weighted by Crippen LogP contribution is -2.49. The minimum absolute atomic E-state index is 0.0145. The van der Waals surface area contributed by atoms with Crippen LogP contribution in [0.2, 0.25) is 0 Å². The molecule has 1 aliphatic rings. The Kier molecular flexibility index (Phi) is 5.63. The highest BCUT2D eigenvalue weighted by Gasteiger charge is 2.27. The number of rotatable bonds is 5. The zero-order chi connectivity index (χ0) is 16.9. The van der Waals surface area contributed by atoms with Gasteiger partial charge >= 0.3 is 0 Å². The van der Waals surface area contributed by atoms with E-state index in [0.29, 0.717) is 0 Å².